The van der Waals surface area contributed by atoms with Crippen molar-refractivity contribution in [2.75, 3.05) is 17.2 Å². The highest BCUT2D eigenvalue weighted by Gasteiger charge is 2.37. The van der Waals surface area contributed by atoms with E-state index >= 15 is 0 Å². The first-order valence-electron chi connectivity index (χ1n) is 10.3. The van der Waals surface area contributed by atoms with Crippen molar-refractivity contribution in [1.82, 2.24) is 9.69 Å². The summed E-state index contributed by atoms with van der Waals surface area (Å²) in [6.45, 7) is 4.37. The lowest BCUT2D eigenvalue weighted by atomic mass is 10.1. The summed E-state index contributed by atoms with van der Waals surface area (Å²) in [6, 6.07) is 5.37. The zero-order valence-electron chi connectivity index (χ0n) is 18.4. The van der Waals surface area contributed by atoms with Crippen LogP contribution in [0.1, 0.15) is 52.2 Å². The van der Waals surface area contributed by atoms with E-state index in [1.807, 2.05) is 13.8 Å². The van der Waals surface area contributed by atoms with Crippen LogP contribution in [0.4, 0.5) is 15.8 Å². The zero-order valence-corrected chi connectivity index (χ0v) is 20.0. The van der Waals surface area contributed by atoms with Gasteiger partial charge in [0.25, 0.3) is 17.7 Å². The molecule has 34 heavy (non-hydrogen) atoms. The smallest absolute Gasteiger partial charge is 0.273 e. The standard InChI is InChI=1S/C22H23ClFN5O4S/c1-11(2)7-8-27-21(31)18(15-4-3-9-33-15)29(12-5-6-14(24)13(23)10-12)22(32)19-16(25)17(20(26)30)28-34-19/h3-6,9-11,18H,7-8,25H2,1-2H3,(H2,26,30)(H,27,31). The second-order valence-electron chi connectivity index (χ2n) is 7.80. The normalized spacial score (nSPS) is 11.9. The van der Waals surface area contributed by atoms with E-state index < -0.39 is 29.6 Å². The van der Waals surface area contributed by atoms with Gasteiger partial charge in [-0.05, 0) is 54.2 Å². The number of rotatable bonds is 9. The quantitative estimate of drug-likeness (QED) is 0.402. The molecule has 3 rings (SSSR count). The Hall–Kier alpha value is -3.44. The van der Waals surface area contributed by atoms with Gasteiger partial charge in [0.05, 0.1) is 17.0 Å². The van der Waals surface area contributed by atoms with Crippen molar-refractivity contribution in [2.24, 2.45) is 11.7 Å². The van der Waals surface area contributed by atoms with E-state index in [1.165, 1.54) is 24.5 Å². The molecule has 9 nitrogen and oxygen atoms in total. The zero-order chi connectivity index (χ0) is 25.0. The monoisotopic (exact) mass is 507 g/mol. The molecule has 0 aliphatic carbocycles. The van der Waals surface area contributed by atoms with Gasteiger partial charge in [-0.3, -0.25) is 19.3 Å². The first kappa shape index (κ1) is 25.2. The Balaban J connectivity index is 2.13. The summed E-state index contributed by atoms with van der Waals surface area (Å²) in [7, 11) is 0. The molecule has 0 saturated heterocycles. The SMILES string of the molecule is CC(C)CCNC(=O)C(c1ccco1)N(C(=O)c1snc(C(N)=O)c1N)c1ccc(F)c(Cl)c1. The molecule has 0 saturated carbocycles. The van der Waals surface area contributed by atoms with Crippen LogP contribution in [0.15, 0.2) is 41.0 Å². The number of nitrogens with zero attached hydrogens (tertiary/aromatic N) is 2. The van der Waals surface area contributed by atoms with Gasteiger partial charge in [-0.25, -0.2) is 4.39 Å². The van der Waals surface area contributed by atoms with E-state index in [0.29, 0.717) is 30.4 Å². The highest BCUT2D eigenvalue weighted by Crippen LogP contribution is 2.35. The topological polar surface area (TPSA) is 145 Å². The van der Waals surface area contributed by atoms with Gasteiger partial charge in [0.15, 0.2) is 11.7 Å². The molecule has 0 bridgehead atoms. The number of furan rings is 1. The molecule has 1 unspecified atom stereocenters. The summed E-state index contributed by atoms with van der Waals surface area (Å²) >= 11 is 6.64. The van der Waals surface area contributed by atoms with Gasteiger partial charge >= 0.3 is 0 Å². The third-order valence-corrected chi connectivity index (χ3v) is 6.04. The van der Waals surface area contributed by atoms with Gasteiger partial charge < -0.3 is 21.2 Å². The van der Waals surface area contributed by atoms with E-state index in [1.54, 1.807) is 6.07 Å². The van der Waals surface area contributed by atoms with Gasteiger partial charge in [0.2, 0.25) is 0 Å². The third kappa shape index (κ3) is 5.37. The summed E-state index contributed by atoms with van der Waals surface area (Å²) in [5.74, 6) is -2.44. The van der Waals surface area contributed by atoms with E-state index in [0.717, 1.165) is 11.0 Å². The minimum Gasteiger partial charge on any atom is -0.467 e. The van der Waals surface area contributed by atoms with Gasteiger partial charge in [-0.1, -0.05) is 25.4 Å². The minimum atomic E-state index is -1.30. The van der Waals surface area contributed by atoms with Crippen LogP contribution in [0.25, 0.3) is 0 Å². The number of nitrogens with one attached hydrogen (secondary N) is 1. The summed E-state index contributed by atoms with van der Waals surface area (Å²) in [5.41, 5.74) is 10.9. The number of anilines is 2. The lowest BCUT2D eigenvalue weighted by Gasteiger charge is -2.30. The number of carbonyl (C=O) groups excluding carboxylic acids is 3. The fourth-order valence-electron chi connectivity index (χ4n) is 3.16. The van der Waals surface area contributed by atoms with E-state index in [4.69, 9.17) is 27.5 Å². The predicted molar refractivity (Wildman–Crippen MR) is 127 cm³/mol. The van der Waals surface area contributed by atoms with Gasteiger partial charge in [-0.2, -0.15) is 4.37 Å². The van der Waals surface area contributed by atoms with E-state index in [2.05, 4.69) is 9.69 Å². The molecule has 1 aromatic carbocycles. The Bertz CT molecular complexity index is 1200. The van der Waals surface area contributed by atoms with Crippen LogP contribution in [0.2, 0.25) is 5.02 Å². The van der Waals surface area contributed by atoms with Crippen molar-refractivity contribution in [3.63, 3.8) is 0 Å². The largest absolute Gasteiger partial charge is 0.467 e. The molecule has 1 atom stereocenters. The van der Waals surface area contributed by atoms with Crippen molar-refractivity contribution in [2.45, 2.75) is 26.3 Å². The Morgan fingerprint density at radius 1 is 1.29 bits per heavy atom. The molecule has 3 aromatic rings. The number of nitrogens with two attached hydrogens (primary N) is 2. The average Bonchev–Trinajstić information content (AvgIpc) is 3.43. The van der Waals surface area contributed by atoms with Crippen LogP contribution in [-0.4, -0.2) is 28.6 Å². The van der Waals surface area contributed by atoms with Crippen LogP contribution >= 0.6 is 23.1 Å². The lowest BCUT2D eigenvalue weighted by Crippen LogP contribution is -2.44. The van der Waals surface area contributed by atoms with E-state index in [-0.39, 0.29) is 32.7 Å². The fraction of sp³-hybridized carbons (Fsp3) is 0.273. The molecule has 12 heteroatoms. The summed E-state index contributed by atoms with van der Waals surface area (Å²) < 4.78 is 23.3. The van der Waals surface area contributed by atoms with Crippen LogP contribution in [0.5, 0.6) is 0 Å². The van der Waals surface area contributed by atoms with Crippen molar-refractivity contribution < 1.29 is 23.2 Å². The van der Waals surface area contributed by atoms with Crippen LogP contribution in [-0.2, 0) is 4.79 Å². The first-order valence-corrected chi connectivity index (χ1v) is 11.4. The second-order valence-corrected chi connectivity index (χ2v) is 8.98. The highest BCUT2D eigenvalue weighted by molar-refractivity contribution is 7.09. The number of aromatic nitrogens is 1. The number of carbonyl (C=O) groups is 3. The molecule has 2 aromatic heterocycles. The molecule has 0 fully saturated rings. The average molecular weight is 508 g/mol. The van der Waals surface area contributed by atoms with Gasteiger partial charge in [0.1, 0.15) is 16.5 Å². The fourth-order valence-corrected chi connectivity index (χ4v) is 4.08. The molecule has 2 heterocycles. The number of primary amides is 1. The van der Waals surface area contributed by atoms with Crippen molar-refractivity contribution in [3.8, 4) is 0 Å². The number of benzene rings is 1. The van der Waals surface area contributed by atoms with Gasteiger partial charge in [0, 0.05) is 12.2 Å². The van der Waals surface area contributed by atoms with E-state index in [9.17, 15) is 18.8 Å². The maximum Gasteiger partial charge on any atom is 0.273 e. The molecular weight excluding hydrogens is 485 g/mol. The maximum atomic E-state index is 13.9. The van der Waals surface area contributed by atoms with Crippen molar-refractivity contribution in [3.05, 3.63) is 63.8 Å². The number of halogens is 2. The molecule has 0 spiro atoms. The summed E-state index contributed by atoms with van der Waals surface area (Å²) in [5, 5.41) is 2.55. The molecule has 180 valence electrons. The van der Waals surface area contributed by atoms with Crippen molar-refractivity contribution in [1.29, 1.82) is 0 Å². The molecule has 3 amide bonds. The summed E-state index contributed by atoms with van der Waals surface area (Å²) in [4.78, 5) is 39.6. The molecule has 5 N–H and O–H groups in total. The molecular formula is C22H23ClFN5O4S. The Labute approximate surface area is 204 Å². The first-order chi connectivity index (χ1) is 16.1. The number of amides is 3. The predicted octanol–water partition coefficient (Wildman–Crippen LogP) is 3.76. The number of hydrogen-bond donors (Lipinski definition) is 3. The second kappa shape index (κ2) is 10.7. The van der Waals surface area contributed by atoms with Crippen LogP contribution < -0.4 is 21.7 Å². The summed E-state index contributed by atoms with van der Waals surface area (Å²) in [6.07, 6.45) is 2.06. The molecule has 0 aliphatic heterocycles. The molecule has 0 radical (unpaired) electrons. The lowest BCUT2D eigenvalue weighted by molar-refractivity contribution is -0.122. The third-order valence-electron chi connectivity index (χ3n) is 4.90. The number of nitrogen functional groups attached to an aromatic ring is 1. The highest BCUT2D eigenvalue weighted by atomic mass is 35.5. The Morgan fingerprint density at radius 2 is 2.03 bits per heavy atom. The maximum absolute atomic E-state index is 13.9. The van der Waals surface area contributed by atoms with Crippen LogP contribution in [0, 0.1) is 11.7 Å². The number of hydrogen-bond acceptors (Lipinski definition) is 7. The van der Waals surface area contributed by atoms with Gasteiger partial charge in [-0.15, -0.1) is 0 Å². The van der Waals surface area contributed by atoms with Crippen LogP contribution in [0.3, 0.4) is 0 Å². The molecule has 0 aliphatic rings. The Kier molecular flexibility index (Phi) is 7.90. The minimum absolute atomic E-state index is 0.102. The Morgan fingerprint density at radius 3 is 2.59 bits per heavy atom. The van der Waals surface area contributed by atoms with Crippen molar-refractivity contribution >= 4 is 52.2 Å².